The van der Waals surface area contributed by atoms with Crippen molar-refractivity contribution in [2.24, 2.45) is 11.8 Å². The fraction of sp³-hybridized carbons (Fsp3) is 0.818. The van der Waals surface area contributed by atoms with Crippen molar-refractivity contribution in [3.05, 3.63) is 0 Å². The van der Waals surface area contributed by atoms with E-state index in [1.807, 2.05) is 0 Å². The molecule has 1 rings (SSSR count). The molecular formula is C11H20N2. The number of nitrogens with one attached hydrogen (secondary N) is 1. The Bertz CT molecular complexity index is 165. The van der Waals surface area contributed by atoms with Gasteiger partial charge in [-0.3, -0.25) is 11.3 Å². The van der Waals surface area contributed by atoms with Gasteiger partial charge in [0, 0.05) is 12.5 Å². The first-order chi connectivity index (χ1) is 6.36. The maximum atomic E-state index is 5.40. The zero-order chi connectivity index (χ0) is 9.52. The summed E-state index contributed by atoms with van der Waals surface area (Å²) in [6.45, 7) is 0. The zero-order valence-electron chi connectivity index (χ0n) is 8.26. The van der Waals surface area contributed by atoms with E-state index in [0.717, 1.165) is 18.8 Å². The van der Waals surface area contributed by atoms with Crippen molar-refractivity contribution in [1.82, 2.24) is 5.43 Å². The van der Waals surface area contributed by atoms with Crippen LogP contribution in [0.3, 0.4) is 0 Å². The lowest BCUT2D eigenvalue weighted by atomic mass is 9.98. The molecule has 0 saturated heterocycles. The van der Waals surface area contributed by atoms with Gasteiger partial charge in [0.05, 0.1) is 0 Å². The van der Waals surface area contributed by atoms with Crippen LogP contribution in [0.15, 0.2) is 0 Å². The smallest absolute Gasteiger partial charge is 0.0319 e. The molecule has 0 bridgehead atoms. The molecule has 0 amide bonds. The SMILES string of the molecule is C#CCC(CCC1CCCC1)NN. The van der Waals surface area contributed by atoms with E-state index in [0.29, 0.717) is 6.04 Å². The van der Waals surface area contributed by atoms with Gasteiger partial charge in [-0.2, -0.15) is 0 Å². The van der Waals surface area contributed by atoms with Crippen LogP contribution >= 0.6 is 0 Å². The minimum Gasteiger partial charge on any atom is -0.271 e. The summed E-state index contributed by atoms with van der Waals surface area (Å²) in [7, 11) is 0. The van der Waals surface area contributed by atoms with Crippen molar-refractivity contribution >= 4 is 0 Å². The van der Waals surface area contributed by atoms with Crippen LogP contribution in [0.4, 0.5) is 0 Å². The third-order valence-electron chi connectivity index (χ3n) is 3.00. The standard InChI is InChI=1S/C11H20N2/c1-2-5-11(13-12)9-8-10-6-3-4-7-10/h1,10-11,13H,3-9,12H2. The van der Waals surface area contributed by atoms with E-state index in [1.54, 1.807) is 0 Å². The second-order valence-electron chi connectivity index (χ2n) is 4.00. The highest BCUT2D eigenvalue weighted by atomic mass is 15.2. The molecule has 3 N–H and O–H groups in total. The van der Waals surface area contributed by atoms with Crippen LogP contribution in [0.1, 0.15) is 44.9 Å². The first-order valence-corrected chi connectivity index (χ1v) is 5.26. The first-order valence-electron chi connectivity index (χ1n) is 5.26. The van der Waals surface area contributed by atoms with Gasteiger partial charge >= 0.3 is 0 Å². The Morgan fingerprint density at radius 2 is 2.15 bits per heavy atom. The summed E-state index contributed by atoms with van der Waals surface area (Å²) in [6, 6.07) is 0.325. The minimum atomic E-state index is 0.325. The molecule has 2 heteroatoms. The Morgan fingerprint density at radius 1 is 1.46 bits per heavy atom. The Labute approximate surface area is 81.2 Å². The molecule has 2 nitrogen and oxygen atoms in total. The molecule has 0 aliphatic heterocycles. The summed E-state index contributed by atoms with van der Waals surface area (Å²) in [5.74, 6) is 8.99. The minimum absolute atomic E-state index is 0.325. The van der Waals surface area contributed by atoms with Gasteiger partial charge in [0.25, 0.3) is 0 Å². The van der Waals surface area contributed by atoms with Gasteiger partial charge in [0.2, 0.25) is 0 Å². The van der Waals surface area contributed by atoms with Crippen molar-refractivity contribution in [3.8, 4) is 12.3 Å². The second kappa shape index (κ2) is 6.01. The van der Waals surface area contributed by atoms with Gasteiger partial charge in [-0.25, -0.2) is 0 Å². The summed E-state index contributed by atoms with van der Waals surface area (Å²) in [4.78, 5) is 0. The highest BCUT2D eigenvalue weighted by molar-refractivity contribution is 4.89. The molecule has 1 aliphatic carbocycles. The fourth-order valence-electron chi connectivity index (χ4n) is 2.12. The zero-order valence-corrected chi connectivity index (χ0v) is 8.26. The Balaban J connectivity index is 2.11. The van der Waals surface area contributed by atoms with E-state index in [2.05, 4.69) is 11.3 Å². The molecule has 0 heterocycles. The Hall–Kier alpha value is -0.520. The van der Waals surface area contributed by atoms with Crippen LogP contribution in [0, 0.1) is 18.3 Å². The molecule has 74 valence electrons. The van der Waals surface area contributed by atoms with E-state index >= 15 is 0 Å². The van der Waals surface area contributed by atoms with Crippen molar-refractivity contribution in [1.29, 1.82) is 0 Å². The Morgan fingerprint density at radius 3 is 2.69 bits per heavy atom. The third-order valence-corrected chi connectivity index (χ3v) is 3.00. The van der Waals surface area contributed by atoms with E-state index in [-0.39, 0.29) is 0 Å². The normalized spacial score (nSPS) is 20.0. The van der Waals surface area contributed by atoms with E-state index in [4.69, 9.17) is 12.3 Å². The van der Waals surface area contributed by atoms with Gasteiger partial charge in [0.1, 0.15) is 0 Å². The van der Waals surface area contributed by atoms with Crippen LogP contribution in [0.25, 0.3) is 0 Å². The number of terminal acetylenes is 1. The van der Waals surface area contributed by atoms with E-state index < -0.39 is 0 Å². The number of hydrogen-bond acceptors (Lipinski definition) is 2. The van der Waals surface area contributed by atoms with Crippen LogP contribution in [0.2, 0.25) is 0 Å². The number of hydrazine groups is 1. The molecule has 0 spiro atoms. The fourth-order valence-corrected chi connectivity index (χ4v) is 2.12. The van der Waals surface area contributed by atoms with Crippen molar-refractivity contribution in [2.75, 3.05) is 0 Å². The van der Waals surface area contributed by atoms with Gasteiger partial charge in [-0.05, 0) is 18.8 Å². The maximum absolute atomic E-state index is 5.40. The molecule has 1 unspecified atom stereocenters. The van der Waals surface area contributed by atoms with Gasteiger partial charge in [0.15, 0.2) is 0 Å². The third kappa shape index (κ3) is 3.80. The van der Waals surface area contributed by atoms with Gasteiger partial charge in [-0.15, -0.1) is 12.3 Å². The predicted octanol–water partition coefficient (Wildman–Crippen LogP) is 1.81. The number of nitrogens with two attached hydrogens (primary N) is 1. The van der Waals surface area contributed by atoms with Gasteiger partial charge in [-0.1, -0.05) is 25.7 Å². The molecule has 0 aromatic carbocycles. The van der Waals surface area contributed by atoms with Gasteiger partial charge < -0.3 is 0 Å². The first kappa shape index (κ1) is 10.6. The Kier molecular flexibility index (Phi) is 4.88. The second-order valence-corrected chi connectivity index (χ2v) is 4.00. The molecule has 1 saturated carbocycles. The average Bonchev–Trinajstić information content (AvgIpc) is 2.64. The summed E-state index contributed by atoms with van der Waals surface area (Å²) < 4.78 is 0. The summed E-state index contributed by atoms with van der Waals surface area (Å²) in [5, 5.41) is 0. The van der Waals surface area contributed by atoms with Crippen LogP contribution in [-0.4, -0.2) is 6.04 Å². The predicted molar refractivity (Wildman–Crippen MR) is 55.8 cm³/mol. The largest absolute Gasteiger partial charge is 0.271 e. The molecule has 0 radical (unpaired) electrons. The summed E-state index contributed by atoms with van der Waals surface area (Å²) in [5.41, 5.74) is 2.78. The van der Waals surface area contributed by atoms with Crippen LogP contribution in [0.5, 0.6) is 0 Å². The lowest BCUT2D eigenvalue weighted by Crippen LogP contribution is -2.35. The summed E-state index contributed by atoms with van der Waals surface area (Å²) >= 11 is 0. The maximum Gasteiger partial charge on any atom is 0.0319 e. The molecule has 1 fully saturated rings. The van der Waals surface area contributed by atoms with E-state index in [9.17, 15) is 0 Å². The molecule has 0 aromatic heterocycles. The summed E-state index contributed by atoms with van der Waals surface area (Å²) in [6.07, 6.45) is 14.1. The van der Waals surface area contributed by atoms with Crippen molar-refractivity contribution in [3.63, 3.8) is 0 Å². The van der Waals surface area contributed by atoms with E-state index in [1.165, 1.54) is 32.1 Å². The van der Waals surface area contributed by atoms with Crippen LogP contribution in [-0.2, 0) is 0 Å². The molecule has 1 atom stereocenters. The topological polar surface area (TPSA) is 38.0 Å². The number of rotatable bonds is 5. The highest BCUT2D eigenvalue weighted by Gasteiger charge is 2.16. The average molecular weight is 180 g/mol. The lowest BCUT2D eigenvalue weighted by molar-refractivity contribution is 0.412. The van der Waals surface area contributed by atoms with Crippen molar-refractivity contribution in [2.45, 2.75) is 51.0 Å². The molecule has 13 heavy (non-hydrogen) atoms. The lowest BCUT2D eigenvalue weighted by Gasteiger charge is -2.15. The molecule has 1 aliphatic rings. The molecular weight excluding hydrogens is 160 g/mol. The van der Waals surface area contributed by atoms with Crippen molar-refractivity contribution < 1.29 is 0 Å². The monoisotopic (exact) mass is 180 g/mol. The number of hydrogen-bond donors (Lipinski definition) is 2. The highest BCUT2D eigenvalue weighted by Crippen LogP contribution is 2.29. The molecule has 0 aromatic rings. The quantitative estimate of drug-likeness (QED) is 0.385. The van der Waals surface area contributed by atoms with Crippen LogP contribution < -0.4 is 11.3 Å².